The lowest BCUT2D eigenvalue weighted by molar-refractivity contribution is -0.178. The number of carbonyl (C=O) groups excluding carboxylic acids is 6. The smallest absolute Gasteiger partial charge is 0.333 e. The van der Waals surface area contributed by atoms with E-state index in [2.05, 4.69) is 6.58 Å². The standard InChI is InChI=1S/C31H36O12/c1-12(2)26(32)38-5-6-39-28(34)19-7-13(27(33)40-22-14-8-17-20(10-14)30(36)42-24(17)22)3-4-16(19)29(35)41-23-15-9-18-21(11-15)31(37)43-25(18)23/h13-25H,1,3-11H2,2H3. The maximum Gasteiger partial charge on any atom is 0.333 e. The van der Waals surface area contributed by atoms with Gasteiger partial charge in [0.05, 0.1) is 29.6 Å². The molecule has 12 heteroatoms. The molecule has 0 N–H and O–H groups in total. The molecule has 12 nitrogen and oxygen atoms in total. The van der Waals surface area contributed by atoms with Crippen LogP contribution in [0.3, 0.4) is 0 Å². The molecular weight excluding hydrogens is 564 g/mol. The summed E-state index contributed by atoms with van der Waals surface area (Å²) in [5.74, 6) is -5.27. The molecule has 4 bridgehead atoms. The van der Waals surface area contributed by atoms with Gasteiger partial charge in [-0.1, -0.05) is 6.58 Å². The monoisotopic (exact) mass is 600 g/mol. The quantitative estimate of drug-likeness (QED) is 0.163. The minimum atomic E-state index is -0.984. The van der Waals surface area contributed by atoms with Gasteiger partial charge in [-0.05, 0) is 51.9 Å². The topological polar surface area (TPSA) is 158 Å². The van der Waals surface area contributed by atoms with Crippen molar-refractivity contribution in [2.75, 3.05) is 13.2 Å². The summed E-state index contributed by atoms with van der Waals surface area (Å²) in [5, 5.41) is 0. The van der Waals surface area contributed by atoms with E-state index in [0.717, 1.165) is 12.8 Å². The highest BCUT2D eigenvalue weighted by Crippen LogP contribution is 2.57. The second kappa shape index (κ2) is 10.6. The Bertz CT molecular complexity index is 1270. The summed E-state index contributed by atoms with van der Waals surface area (Å²) in [4.78, 5) is 76.2. The Kier molecular flexibility index (Phi) is 7.00. The molecule has 7 fully saturated rings. The molecule has 7 aliphatic rings. The van der Waals surface area contributed by atoms with E-state index in [4.69, 9.17) is 28.4 Å². The summed E-state index contributed by atoms with van der Waals surface area (Å²) in [6.07, 6.45) is 1.47. The molecule has 13 atom stereocenters. The van der Waals surface area contributed by atoms with Gasteiger partial charge in [-0.2, -0.15) is 0 Å². The third-order valence-electron chi connectivity index (χ3n) is 11.0. The van der Waals surface area contributed by atoms with E-state index in [-0.39, 0.29) is 79.1 Å². The predicted octanol–water partition coefficient (Wildman–Crippen LogP) is 1.67. The zero-order valence-electron chi connectivity index (χ0n) is 24.0. The van der Waals surface area contributed by atoms with E-state index in [1.54, 1.807) is 0 Å². The highest BCUT2D eigenvalue weighted by Gasteiger charge is 2.65. The third-order valence-corrected chi connectivity index (χ3v) is 11.0. The van der Waals surface area contributed by atoms with Gasteiger partial charge >= 0.3 is 35.8 Å². The number of rotatable bonds is 9. The molecule has 43 heavy (non-hydrogen) atoms. The molecule has 0 aromatic heterocycles. The van der Waals surface area contributed by atoms with E-state index < -0.39 is 66.0 Å². The molecule has 7 rings (SSSR count). The van der Waals surface area contributed by atoms with Crippen LogP contribution in [0.15, 0.2) is 12.2 Å². The highest BCUT2D eigenvalue weighted by molar-refractivity contribution is 5.87. The van der Waals surface area contributed by atoms with Gasteiger partial charge < -0.3 is 28.4 Å². The fourth-order valence-corrected chi connectivity index (χ4v) is 9.02. The number of esters is 6. The maximum absolute atomic E-state index is 13.5. The average Bonchev–Trinajstić information content (AvgIpc) is 3.80. The van der Waals surface area contributed by atoms with Crippen LogP contribution in [0.2, 0.25) is 0 Å². The number of hydrogen-bond donors (Lipinski definition) is 0. The lowest BCUT2D eigenvalue weighted by Crippen LogP contribution is -2.44. The van der Waals surface area contributed by atoms with Crippen molar-refractivity contribution in [1.82, 2.24) is 0 Å². The van der Waals surface area contributed by atoms with Crippen molar-refractivity contribution in [3.05, 3.63) is 12.2 Å². The number of hydrogen-bond acceptors (Lipinski definition) is 12. The first-order valence-electron chi connectivity index (χ1n) is 15.4. The van der Waals surface area contributed by atoms with Gasteiger partial charge in [-0.3, -0.25) is 24.0 Å². The van der Waals surface area contributed by atoms with E-state index in [0.29, 0.717) is 19.3 Å². The summed E-state index contributed by atoms with van der Waals surface area (Å²) in [6.45, 7) is 4.60. The van der Waals surface area contributed by atoms with Gasteiger partial charge in [-0.25, -0.2) is 4.79 Å². The van der Waals surface area contributed by atoms with Crippen LogP contribution in [0.1, 0.15) is 51.9 Å². The summed E-state index contributed by atoms with van der Waals surface area (Å²) in [7, 11) is 0. The van der Waals surface area contributed by atoms with Gasteiger partial charge in [0.1, 0.15) is 37.6 Å². The molecule has 0 amide bonds. The van der Waals surface area contributed by atoms with Crippen LogP contribution in [-0.2, 0) is 57.2 Å². The largest absolute Gasteiger partial charge is 0.462 e. The van der Waals surface area contributed by atoms with Crippen molar-refractivity contribution in [2.24, 2.45) is 53.3 Å². The fourth-order valence-electron chi connectivity index (χ4n) is 9.02. The van der Waals surface area contributed by atoms with Gasteiger partial charge in [0.25, 0.3) is 0 Å². The van der Waals surface area contributed by atoms with Crippen LogP contribution in [0.5, 0.6) is 0 Å². The zero-order chi connectivity index (χ0) is 30.2. The van der Waals surface area contributed by atoms with E-state index in [1.165, 1.54) is 6.92 Å². The lowest BCUT2D eigenvalue weighted by Gasteiger charge is -2.35. The summed E-state index contributed by atoms with van der Waals surface area (Å²) < 4.78 is 33.3. The zero-order valence-corrected chi connectivity index (χ0v) is 24.0. The van der Waals surface area contributed by atoms with Crippen LogP contribution < -0.4 is 0 Å². The second-order valence-electron chi connectivity index (χ2n) is 13.4. The molecule has 0 aromatic rings. The van der Waals surface area contributed by atoms with Crippen molar-refractivity contribution in [3.8, 4) is 0 Å². The van der Waals surface area contributed by atoms with E-state index in [9.17, 15) is 28.8 Å². The molecule has 0 radical (unpaired) electrons. The van der Waals surface area contributed by atoms with E-state index in [1.807, 2.05) is 0 Å². The third kappa shape index (κ3) is 4.71. The molecular formula is C31H36O12. The number of carbonyl (C=O) groups is 6. The van der Waals surface area contributed by atoms with E-state index >= 15 is 0 Å². The first kappa shape index (κ1) is 28.3. The Morgan fingerprint density at radius 2 is 1.28 bits per heavy atom. The Morgan fingerprint density at radius 3 is 1.86 bits per heavy atom. The van der Waals surface area contributed by atoms with Crippen LogP contribution in [0, 0.1) is 53.3 Å². The molecule has 0 spiro atoms. The average molecular weight is 601 g/mol. The van der Waals surface area contributed by atoms with Crippen molar-refractivity contribution in [2.45, 2.75) is 76.3 Å². The number of fused-ring (bicyclic) bond motifs is 2. The minimum absolute atomic E-state index is 0.0219. The molecule has 13 unspecified atom stereocenters. The van der Waals surface area contributed by atoms with Crippen LogP contribution in [-0.4, -0.2) is 73.4 Å². The molecule has 232 valence electrons. The minimum Gasteiger partial charge on any atom is -0.462 e. The van der Waals surface area contributed by atoms with Crippen molar-refractivity contribution in [3.63, 3.8) is 0 Å². The lowest BCUT2D eigenvalue weighted by atomic mass is 9.73. The molecule has 2 saturated heterocycles. The highest BCUT2D eigenvalue weighted by atomic mass is 16.6. The van der Waals surface area contributed by atoms with Crippen LogP contribution in [0.25, 0.3) is 0 Å². The summed E-state index contributed by atoms with van der Waals surface area (Å²) in [5.41, 5.74) is 0.209. The molecule has 2 aliphatic heterocycles. The first-order valence-corrected chi connectivity index (χ1v) is 15.4. The van der Waals surface area contributed by atoms with Gasteiger partial charge in [-0.15, -0.1) is 0 Å². The molecule has 5 saturated carbocycles. The van der Waals surface area contributed by atoms with Gasteiger partial charge in [0, 0.05) is 29.2 Å². The molecule has 2 heterocycles. The SMILES string of the molecule is C=C(C)C(=O)OCCOC(=O)C1CC(C(=O)OC2C3CC4C(=O)OC2C4C3)CCC1C(=O)OC1C2CC3C(=O)OC1C3C2. The van der Waals surface area contributed by atoms with Crippen LogP contribution >= 0.6 is 0 Å². The fraction of sp³-hybridized carbons (Fsp3) is 0.742. The Balaban J connectivity index is 1.01. The normalized spacial score (nSPS) is 42.8. The Labute approximate surface area is 248 Å². The van der Waals surface area contributed by atoms with Crippen molar-refractivity contribution < 1.29 is 57.2 Å². The maximum atomic E-state index is 13.5. The molecule has 0 aromatic carbocycles. The second-order valence-corrected chi connectivity index (χ2v) is 13.4. The van der Waals surface area contributed by atoms with Crippen molar-refractivity contribution in [1.29, 1.82) is 0 Å². The molecule has 5 aliphatic carbocycles. The summed E-state index contributed by atoms with van der Waals surface area (Å²) in [6, 6.07) is 0. The van der Waals surface area contributed by atoms with Crippen molar-refractivity contribution >= 4 is 35.8 Å². The summed E-state index contributed by atoms with van der Waals surface area (Å²) >= 11 is 0. The van der Waals surface area contributed by atoms with Gasteiger partial charge in [0.15, 0.2) is 0 Å². The first-order chi connectivity index (χ1) is 20.6. The Hall–Kier alpha value is -3.44. The van der Waals surface area contributed by atoms with Gasteiger partial charge in [0.2, 0.25) is 0 Å². The van der Waals surface area contributed by atoms with Crippen LogP contribution in [0.4, 0.5) is 0 Å². The Morgan fingerprint density at radius 1 is 0.721 bits per heavy atom. The predicted molar refractivity (Wildman–Crippen MR) is 140 cm³/mol. The number of ether oxygens (including phenoxy) is 6.